The summed E-state index contributed by atoms with van der Waals surface area (Å²) in [5, 5.41) is 9.42. The molecule has 0 saturated carbocycles. The topological polar surface area (TPSA) is 43.6 Å². The van der Waals surface area contributed by atoms with Gasteiger partial charge in [-0.15, -0.1) is 0 Å². The van der Waals surface area contributed by atoms with Crippen molar-refractivity contribution >= 4 is 54.1 Å². The molecule has 312 valence electrons. The van der Waals surface area contributed by atoms with Gasteiger partial charge in [0.15, 0.2) is 17.5 Å². The van der Waals surface area contributed by atoms with Gasteiger partial charge in [0.2, 0.25) is 0 Å². The predicted octanol–water partition coefficient (Wildman–Crippen LogP) is 16.4. The first-order valence-corrected chi connectivity index (χ1v) is 22.8. The zero-order chi connectivity index (χ0) is 44.3. The standard InChI is InChI=1S/C63H40N4/c1-4-15-41(16-5-1)43-27-29-46(30-28-43)62-64-61(45-20-8-3-9-21-45)65-63(66-62)55-35-36-58(53-33-32-51(38-56(53)55)48-25-14-24-47(37-48)42-17-6-2-7-18-42)67-59-40-50-23-11-10-22-49(50)39-57(59)54-34-31-44-19-12-13-26-52(44)60(54)67/h1-40H. The SMILES string of the molecule is c1ccc(-c2ccc(-c3nc(-c4ccccc4)nc(-c4ccc(-n5c6cc7ccccc7cc6c6ccc7ccccc7c65)c5ccc(-c6cccc(-c7ccccc7)c6)cc45)n3)cc2)cc1. The fourth-order valence-electron chi connectivity index (χ4n) is 9.91. The molecule has 2 heterocycles. The van der Waals surface area contributed by atoms with Gasteiger partial charge in [-0.3, -0.25) is 0 Å². The second-order valence-electron chi connectivity index (χ2n) is 17.2. The van der Waals surface area contributed by atoms with Crippen LogP contribution in [0.15, 0.2) is 243 Å². The molecule has 0 spiro atoms. The fraction of sp³-hybridized carbons (Fsp3) is 0. The molecule has 67 heavy (non-hydrogen) atoms. The molecule has 0 saturated heterocycles. The van der Waals surface area contributed by atoms with Crippen molar-refractivity contribution in [1.29, 1.82) is 0 Å². The van der Waals surface area contributed by atoms with Crippen molar-refractivity contribution in [3.05, 3.63) is 243 Å². The number of hydrogen-bond acceptors (Lipinski definition) is 3. The molecule has 0 aliphatic rings. The molecule has 0 atom stereocenters. The number of aromatic nitrogens is 4. The van der Waals surface area contributed by atoms with Gasteiger partial charge in [0.25, 0.3) is 0 Å². The van der Waals surface area contributed by atoms with Gasteiger partial charge in [-0.05, 0) is 91.3 Å². The number of nitrogens with zero attached hydrogens (tertiary/aromatic N) is 4. The summed E-state index contributed by atoms with van der Waals surface area (Å²) in [4.78, 5) is 15.8. The highest BCUT2D eigenvalue weighted by molar-refractivity contribution is 6.21. The van der Waals surface area contributed by atoms with Gasteiger partial charge in [0, 0.05) is 38.2 Å². The first kappa shape index (κ1) is 38.5. The Morgan fingerprint density at radius 2 is 0.746 bits per heavy atom. The average molecular weight is 853 g/mol. The molecule has 0 unspecified atom stereocenters. The van der Waals surface area contributed by atoms with Crippen LogP contribution in [-0.2, 0) is 0 Å². The van der Waals surface area contributed by atoms with Crippen molar-refractivity contribution < 1.29 is 0 Å². The van der Waals surface area contributed by atoms with Gasteiger partial charge >= 0.3 is 0 Å². The lowest BCUT2D eigenvalue weighted by Gasteiger charge is -2.17. The summed E-state index contributed by atoms with van der Waals surface area (Å²) in [5.74, 6) is 1.85. The van der Waals surface area contributed by atoms with Gasteiger partial charge in [-0.25, -0.2) is 15.0 Å². The molecular formula is C63H40N4. The van der Waals surface area contributed by atoms with Crippen LogP contribution in [0.25, 0.3) is 127 Å². The average Bonchev–Trinajstić information content (AvgIpc) is 3.73. The molecule has 4 heteroatoms. The van der Waals surface area contributed by atoms with Crippen molar-refractivity contribution in [1.82, 2.24) is 19.5 Å². The van der Waals surface area contributed by atoms with Gasteiger partial charge in [0.1, 0.15) is 0 Å². The summed E-state index contributed by atoms with van der Waals surface area (Å²) in [6, 6.07) is 86.7. The molecule has 0 amide bonds. The van der Waals surface area contributed by atoms with Gasteiger partial charge in [-0.1, -0.05) is 206 Å². The smallest absolute Gasteiger partial charge is 0.164 e. The molecule has 0 bridgehead atoms. The highest BCUT2D eigenvalue weighted by atomic mass is 15.0. The van der Waals surface area contributed by atoms with Crippen LogP contribution in [0.2, 0.25) is 0 Å². The second kappa shape index (κ2) is 15.9. The minimum atomic E-state index is 0.612. The minimum absolute atomic E-state index is 0.612. The Morgan fingerprint density at radius 1 is 0.254 bits per heavy atom. The molecular weight excluding hydrogens is 813 g/mol. The first-order valence-electron chi connectivity index (χ1n) is 22.8. The molecule has 0 fully saturated rings. The maximum Gasteiger partial charge on any atom is 0.164 e. The lowest BCUT2D eigenvalue weighted by molar-refractivity contribution is 1.08. The normalized spacial score (nSPS) is 11.6. The molecule has 13 aromatic rings. The van der Waals surface area contributed by atoms with Crippen LogP contribution >= 0.6 is 0 Å². The summed E-state index contributed by atoms with van der Waals surface area (Å²) in [6.45, 7) is 0. The summed E-state index contributed by atoms with van der Waals surface area (Å²) < 4.78 is 2.49. The van der Waals surface area contributed by atoms with E-state index < -0.39 is 0 Å². The molecule has 13 rings (SSSR count). The van der Waals surface area contributed by atoms with Crippen LogP contribution in [0.5, 0.6) is 0 Å². The van der Waals surface area contributed by atoms with Gasteiger partial charge in [-0.2, -0.15) is 0 Å². The van der Waals surface area contributed by atoms with Crippen LogP contribution in [0.4, 0.5) is 0 Å². The van der Waals surface area contributed by atoms with Crippen molar-refractivity contribution in [3.63, 3.8) is 0 Å². The third kappa shape index (κ3) is 6.74. The number of rotatable bonds is 7. The van der Waals surface area contributed by atoms with E-state index >= 15 is 0 Å². The van der Waals surface area contributed by atoms with Crippen molar-refractivity contribution in [2.24, 2.45) is 0 Å². The van der Waals surface area contributed by atoms with E-state index in [4.69, 9.17) is 15.0 Å². The Morgan fingerprint density at radius 3 is 1.46 bits per heavy atom. The van der Waals surface area contributed by atoms with E-state index in [-0.39, 0.29) is 0 Å². The van der Waals surface area contributed by atoms with E-state index in [0.717, 1.165) is 60.9 Å². The lowest BCUT2D eigenvalue weighted by Crippen LogP contribution is -2.02. The molecule has 0 aliphatic heterocycles. The Balaban J connectivity index is 1.08. The van der Waals surface area contributed by atoms with Crippen molar-refractivity contribution in [2.75, 3.05) is 0 Å². The minimum Gasteiger partial charge on any atom is -0.308 e. The molecule has 0 aliphatic carbocycles. The van der Waals surface area contributed by atoms with E-state index in [1.165, 1.54) is 49.0 Å². The number of hydrogen-bond donors (Lipinski definition) is 0. The maximum absolute atomic E-state index is 5.35. The zero-order valence-corrected chi connectivity index (χ0v) is 36.4. The Hall–Kier alpha value is -8.99. The lowest BCUT2D eigenvalue weighted by atomic mass is 9.94. The molecule has 0 radical (unpaired) electrons. The third-order valence-electron chi connectivity index (χ3n) is 13.2. The Labute approximate surface area is 387 Å². The summed E-state index contributed by atoms with van der Waals surface area (Å²) >= 11 is 0. The van der Waals surface area contributed by atoms with E-state index in [9.17, 15) is 0 Å². The molecule has 0 N–H and O–H groups in total. The Kier molecular flexibility index (Phi) is 9.14. The predicted molar refractivity (Wildman–Crippen MR) is 279 cm³/mol. The maximum atomic E-state index is 5.35. The quantitative estimate of drug-likeness (QED) is 0.160. The molecule has 11 aromatic carbocycles. The van der Waals surface area contributed by atoms with Crippen molar-refractivity contribution in [2.45, 2.75) is 0 Å². The van der Waals surface area contributed by atoms with Crippen LogP contribution in [0.3, 0.4) is 0 Å². The third-order valence-corrected chi connectivity index (χ3v) is 13.2. The first-order chi connectivity index (χ1) is 33.2. The second-order valence-corrected chi connectivity index (χ2v) is 17.2. The van der Waals surface area contributed by atoms with E-state index in [1.807, 2.05) is 24.3 Å². The summed E-state index contributed by atoms with van der Waals surface area (Å²) in [6.07, 6.45) is 0. The molecule has 4 nitrogen and oxygen atoms in total. The van der Waals surface area contributed by atoms with Crippen LogP contribution in [-0.4, -0.2) is 19.5 Å². The molecule has 2 aromatic heterocycles. The number of benzene rings is 11. The Bertz CT molecular complexity index is 4010. The highest BCUT2D eigenvalue weighted by Crippen LogP contribution is 2.43. The number of fused-ring (bicyclic) bond motifs is 7. The van der Waals surface area contributed by atoms with Crippen LogP contribution in [0.1, 0.15) is 0 Å². The van der Waals surface area contributed by atoms with Crippen LogP contribution < -0.4 is 0 Å². The monoisotopic (exact) mass is 852 g/mol. The van der Waals surface area contributed by atoms with Crippen LogP contribution in [0, 0.1) is 0 Å². The fourth-order valence-corrected chi connectivity index (χ4v) is 9.91. The summed E-state index contributed by atoms with van der Waals surface area (Å²) in [7, 11) is 0. The largest absolute Gasteiger partial charge is 0.308 e. The van der Waals surface area contributed by atoms with E-state index in [0.29, 0.717) is 17.5 Å². The van der Waals surface area contributed by atoms with Crippen molar-refractivity contribution in [3.8, 4) is 73.2 Å². The summed E-state index contributed by atoms with van der Waals surface area (Å²) in [5.41, 5.74) is 13.1. The van der Waals surface area contributed by atoms with E-state index in [1.54, 1.807) is 0 Å². The van der Waals surface area contributed by atoms with Gasteiger partial charge < -0.3 is 4.57 Å². The zero-order valence-electron chi connectivity index (χ0n) is 36.4. The highest BCUT2D eigenvalue weighted by Gasteiger charge is 2.21. The van der Waals surface area contributed by atoms with Gasteiger partial charge in [0.05, 0.1) is 16.7 Å². The van der Waals surface area contributed by atoms with E-state index in [2.05, 4.69) is 223 Å².